The van der Waals surface area contributed by atoms with Crippen LogP contribution < -0.4 is 5.32 Å². The third kappa shape index (κ3) is 1.99. The molecule has 0 unspecified atom stereocenters. The monoisotopic (exact) mass is 327 g/mol. The second-order valence-electron chi connectivity index (χ2n) is 6.90. The van der Waals surface area contributed by atoms with Gasteiger partial charge in [0, 0.05) is 11.8 Å². The van der Waals surface area contributed by atoms with Crippen molar-refractivity contribution in [3.63, 3.8) is 0 Å². The maximum absolute atomic E-state index is 12.3. The van der Waals surface area contributed by atoms with Crippen molar-refractivity contribution < 1.29 is 9.59 Å². The fourth-order valence-corrected chi connectivity index (χ4v) is 4.73. The van der Waals surface area contributed by atoms with Crippen molar-refractivity contribution in [2.45, 2.75) is 0 Å². The largest absolute Gasteiger partial charge is 0.296 e. The van der Waals surface area contributed by atoms with Crippen LogP contribution in [0.25, 0.3) is 5.57 Å². The van der Waals surface area contributed by atoms with Crippen LogP contribution in [0.15, 0.2) is 78.4 Å². The van der Waals surface area contributed by atoms with Gasteiger partial charge in [-0.15, -0.1) is 0 Å². The Morgan fingerprint density at radius 2 is 1.12 bits per heavy atom. The second-order valence-corrected chi connectivity index (χ2v) is 6.90. The Kier molecular flexibility index (Phi) is 3.04. The Hall–Kier alpha value is -2.94. The molecule has 122 valence electrons. The van der Waals surface area contributed by atoms with E-state index < -0.39 is 0 Å². The van der Waals surface area contributed by atoms with E-state index in [4.69, 9.17) is 0 Å². The summed E-state index contributed by atoms with van der Waals surface area (Å²) in [5.41, 5.74) is 4.65. The normalized spacial score (nSPS) is 29.0. The molecular weight excluding hydrogens is 310 g/mol. The molecule has 3 aliphatic rings. The van der Waals surface area contributed by atoms with Crippen molar-refractivity contribution in [2.24, 2.45) is 23.7 Å². The van der Waals surface area contributed by atoms with E-state index >= 15 is 0 Å². The van der Waals surface area contributed by atoms with Crippen LogP contribution in [0.1, 0.15) is 11.1 Å². The molecule has 5 rings (SSSR count). The van der Waals surface area contributed by atoms with Gasteiger partial charge in [0.05, 0.1) is 11.8 Å². The zero-order chi connectivity index (χ0) is 17.0. The zero-order valence-electron chi connectivity index (χ0n) is 13.6. The summed E-state index contributed by atoms with van der Waals surface area (Å²) >= 11 is 0. The lowest BCUT2D eigenvalue weighted by molar-refractivity contribution is -0.126. The van der Waals surface area contributed by atoms with Gasteiger partial charge in [-0.2, -0.15) is 0 Å². The minimum Gasteiger partial charge on any atom is -0.296 e. The first-order valence-electron chi connectivity index (χ1n) is 8.63. The minimum atomic E-state index is -0.250. The molecule has 1 saturated carbocycles. The molecule has 2 bridgehead atoms. The smallest absolute Gasteiger partial charge is 0.231 e. The predicted molar refractivity (Wildman–Crippen MR) is 95.2 cm³/mol. The first-order valence-corrected chi connectivity index (χ1v) is 8.63. The van der Waals surface area contributed by atoms with E-state index in [1.807, 2.05) is 36.4 Å². The third-order valence-corrected chi connectivity index (χ3v) is 5.67. The zero-order valence-corrected chi connectivity index (χ0v) is 13.6. The maximum atomic E-state index is 12.3. The predicted octanol–water partition coefficient (Wildman–Crippen LogP) is 3.19. The van der Waals surface area contributed by atoms with E-state index in [0.29, 0.717) is 0 Å². The molecule has 3 heteroatoms. The summed E-state index contributed by atoms with van der Waals surface area (Å²) in [6.45, 7) is 0. The van der Waals surface area contributed by atoms with Gasteiger partial charge in [0.15, 0.2) is 0 Å². The Morgan fingerprint density at radius 3 is 1.56 bits per heavy atom. The molecule has 3 nitrogen and oxygen atoms in total. The highest BCUT2D eigenvalue weighted by Crippen LogP contribution is 2.56. The number of fused-ring (bicyclic) bond motifs is 5. The van der Waals surface area contributed by atoms with Crippen molar-refractivity contribution in [1.29, 1.82) is 0 Å². The average Bonchev–Trinajstić information content (AvgIpc) is 3.29. The summed E-state index contributed by atoms with van der Waals surface area (Å²) in [6, 6.07) is 20.5. The van der Waals surface area contributed by atoms with E-state index in [9.17, 15) is 9.59 Å². The average molecular weight is 327 g/mol. The first-order chi connectivity index (χ1) is 12.3. The fourth-order valence-electron chi connectivity index (χ4n) is 4.73. The second kappa shape index (κ2) is 5.28. The Balaban J connectivity index is 1.75. The van der Waals surface area contributed by atoms with Crippen LogP contribution in [0.5, 0.6) is 0 Å². The Labute approximate surface area is 146 Å². The highest BCUT2D eigenvalue weighted by molar-refractivity contribution is 6.08. The van der Waals surface area contributed by atoms with E-state index in [1.165, 1.54) is 5.57 Å². The maximum Gasteiger partial charge on any atom is 0.231 e. The highest BCUT2D eigenvalue weighted by Gasteiger charge is 2.59. The number of nitrogens with one attached hydrogen (secondary N) is 1. The quantitative estimate of drug-likeness (QED) is 0.680. The van der Waals surface area contributed by atoms with Crippen LogP contribution >= 0.6 is 0 Å². The number of imide groups is 1. The lowest BCUT2D eigenvalue weighted by Crippen LogP contribution is -2.26. The van der Waals surface area contributed by atoms with Gasteiger partial charge in [0.1, 0.15) is 0 Å². The number of rotatable bonds is 2. The molecule has 25 heavy (non-hydrogen) atoms. The number of carbonyl (C=O) groups is 2. The van der Waals surface area contributed by atoms with Crippen LogP contribution in [0.2, 0.25) is 0 Å². The molecule has 2 aromatic carbocycles. The van der Waals surface area contributed by atoms with Gasteiger partial charge in [-0.05, 0) is 22.3 Å². The molecule has 2 fully saturated rings. The summed E-state index contributed by atoms with van der Waals surface area (Å²) in [5, 5.41) is 2.52. The number of benzene rings is 2. The molecule has 0 spiro atoms. The van der Waals surface area contributed by atoms with Crippen LogP contribution in [-0.4, -0.2) is 11.8 Å². The molecule has 2 aliphatic carbocycles. The molecule has 0 aromatic heterocycles. The summed E-state index contributed by atoms with van der Waals surface area (Å²) in [4.78, 5) is 24.6. The number of amides is 2. The van der Waals surface area contributed by atoms with Crippen LogP contribution in [0, 0.1) is 23.7 Å². The molecule has 1 N–H and O–H groups in total. The van der Waals surface area contributed by atoms with Gasteiger partial charge in [0.25, 0.3) is 0 Å². The van der Waals surface area contributed by atoms with Gasteiger partial charge in [-0.1, -0.05) is 72.8 Å². The molecule has 1 saturated heterocycles. The van der Waals surface area contributed by atoms with Gasteiger partial charge in [-0.3, -0.25) is 14.9 Å². The van der Waals surface area contributed by atoms with Crippen molar-refractivity contribution in [3.8, 4) is 0 Å². The number of allylic oxidation sites excluding steroid dienone is 3. The van der Waals surface area contributed by atoms with Crippen molar-refractivity contribution in [3.05, 3.63) is 89.5 Å². The van der Waals surface area contributed by atoms with Crippen LogP contribution in [-0.2, 0) is 9.59 Å². The molecule has 0 radical (unpaired) electrons. The third-order valence-electron chi connectivity index (χ3n) is 5.67. The van der Waals surface area contributed by atoms with Crippen molar-refractivity contribution >= 4 is 17.4 Å². The Morgan fingerprint density at radius 1 is 0.680 bits per heavy atom. The first kappa shape index (κ1) is 14.4. The fraction of sp³-hybridized carbons (Fsp3) is 0.182. The van der Waals surface area contributed by atoms with E-state index in [2.05, 4.69) is 41.7 Å². The summed E-state index contributed by atoms with van der Waals surface area (Å²) in [6.07, 6.45) is 4.23. The summed E-state index contributed by atoms with van der Waals surface area (Å²) in [7, 11) is 0. The van der Waals surface area contributed by atoms with Gasteiger partial charge < -0.3 is 0 Å². The van der Waals surface area contributed by atoms with E-state index in [-0.39, 0.29) is 35.5 Å². The summed E-state index contributed by atoms with van der Waals surface area (Å²) in [5.74, 6) is -0.719. The van der Waals surface area contributed by atoms with E-state index in [1.54, 1.807) is 0 Å². The molecule has 2 amide bonds. The van der Waals surface area contributed by atoms with Crippen LogP contribution in [0.4, 0.5) is 0 Å². The topological polar surface area (TPSA) is 46.2 Å². The molecule has 1 aliphatic heterocycles. The van der Waals surface area contributed by atoms with Gasteiger partial charge in [0.2, 0.25) is 11.8 Å². The van der Waals surface area contributed by atoms with E-state index in [0.717, 1.165) is 16.7 Å². The van der Waals surface area contributed by atoms with Gasteiger partial charge in [-0.25, -0.2) is 0 Å². The summed E-state index contributed by atoms with van der Waals surface area (Å²) < 4.78 is 0. The lowest BCUT2D eigenvalue weighted by Gasteiger charge is -2.18. The van der Waals surface area contributed by atoms with Crippen molar-refractivity contribution in [1.82, 2.24) is 5.32 Å². The highest BCUT2D eigenvalue weighted by atomic mass is 16.2. The molecule has 2 aromatic rings. The Bertz CT molecular complexity index is 854. The number of hydrogen-bond donors (Lipinski definition) is 1. The molecular formula is C22H17NO2. The number of hydrogen-bond acceptors (Lipinski definition) is 2. The van der Waals surface area contributed by atoms with Gasteiger partial charge >= 0.3 is 0 Å². The molecule has 4 atom stereocenters. The SMILES string of the molecule is O=C1NC(=O)[C@H]2[C@H]1[C@@H]1C=C[C@H]2C1=C(c1ccccc1)c1ccccc1. The molecule has 1 heterocycles. The minimum absolute atomic E-state index is 0.0110. The number of carbonyl (C=O) groups excluding carboxylic acids is 2. The van der Waals surface area contributed by atoms with Crippen LogP contribution in [0.3, 0.4) is 0 Å². The van der Waals surface area contributed by atoms with Crippen molar-refractivity contribution in [2.75, 3.05) is 0 Å². The lowest BCUT2D eigenvalue weighted by atomic mass is 9.85. The standard InChI is InChI=1S/C22H17NO2/c24-21-19-15-11-12-16(20(19)22(25)23-21)18(15)17(13-7-3-1-4-8-13)14-9-5-2-6-10-14/h1-12,15-16,19-20H,(H,23,24,25)/t15-,16+,19-,20-/m1/s1.